The highest BCUT2D eigenvalue weighted by atomic mass is 16.6. The maximum Gasteiger partial charge on any atom is 0.255 e. The number of anilines is 1. The van der Waals surface area contributed by atoms with Crippen LogP contribution < -0.4 is 14.8 Å². The first-order chi connectivity index (χ1) is 13.2. The minimum atomic E-state index is -0.319. The van der Waals surface area contributed by atoms with E-state index in [1.165, 1.54) is 0 Å². The molecule has 1 N–H and O–H groups in total. The lowest BCUT2D eigenvalue weighted by atomic mass is 10.0. The number of fused-ring (bicyclic) bond motifs is 1. The van der Waals surface area contributed by atoms with E-state index in [9.17, 15) is 9.59 Å². The molecule has 0 saturated carbocycles. The monoisotopic (exact) mass is 359 g/mol. The molecule has 4 rings (SSSR count). The normalized spacial score (nSPS) is 12.3. The van der Waals surface area contributed by atoms with Gasteiger partial charge in [0, 0.05) is 16.7 Å². The Balaban J connectivity index is 1.60. The summed E-state index contributed by atoms with van der Waals surface area (Å²) in [4.78, 5) is 25.5. The molecule has 1 heterocycles. The molecule has 5 heteroatoms. The van der Waals surface area contributed by atoms with E-state index in [1.54, 1.807) is 54.6 Å². The van der Waals surface area contributed by atoms with Crippen LogP contribution in [0.5, 0.6) is 11.5 Å². The Morgan fingerprint density at radius 2 is 1.44 bits per heavy atom. The van der Waals surface area contributed by atoms with Crippen LogP contribution in [0.4, 0.5) is 5.69 Å². The molecular weight excluding hydrogens is 342 g/mol. The molecule has 5 nitrogen and oxygen atoms in total. The molecule has 3 aromatic rings. The smallest absolute Gasteiger partial charge is 0.255 e. The molecule has 3 aromatic carbocycles. The van der Waals surface area contributed by atoms with Crippen molar-refractivity contribution in [2.45, 2.75) is 0 Å². The van der Waals surface area contributed by atoms with Crippen LogP contribution in [-0.4, -0.2) is 24.9 Å². The van der Waals surface area contributed by atoms with Crippen LogP contribution >= 0.6 is 0 Å². The molecule has 1 aliphatic heterocycles. The largest absolute Gasteiger partial charge is 0.486 e. The number of ketones is 1. The predicted molar refractivity (Wildman–Crippen MR) is 102 cm³/mol. The lowest BCUT2D eigenvalue weighted by Gasteiger charge is -2.18. The van der Waals surface area contributed by atoms with Gasteiger partial charge in [-0.25, -0.2) is 0 Å². The summed E-state index contributed by atoms with van der Waals surface area (Å²) in [6.07, 6.45) is 0. The first kappa shape index (κ1) is 16.8. The van der Waals surface area contributed by atoms with Crippen molar-refractivity contribution in [1.82, 2.24) is 0 Å². The average molecular weight is 359 g/mol. The third-order valence-electron chi connectivity index (χ3n) is 4.26. The van der Waals surface area contributed by atoms with Gasteiger partial charge in [0.2, 0.25) is 0 Å². The Labute approximate surface area is 156 Å². The number of amides is 1. The predicted octanol–water partition coefficient (Wildman–Crippen LogP) is 3.94. The molecule has 0 aliphatic carbocycles. The minimum absolute atomic E-state index is 0.145. The summed E-state index contributed by atoms with van der Waals surface area (Å²) < 4.78 is 11.0. The SMILES string of the molecule is O=C(Nc1ccccc1C(=O)c1ccccc1)c1ccc2c(c1)OCCO2. The summed E-state index contributed by atoms with van der Waals surface area (Å²) in [6.45, 7) is 0.944. The van der Waals surface area contributed by atoms with Crippen LogP contribution in [0.15, 0.2) is 72.8 Å². The van der Waals surface area contributed by atoms with Gasteiger partial charge in [-0.1, -0.05) is 42.5 Å². The molecular formula is C22H17NO4. The van der Waals surface area contributed by atoms with Crippen LogP contribution in [0, 0.1) is 0 Å². The Hall–Kier alpha value is -3.60. The lowest BCUT2D eigenvalue weighted by molar-refractivity contribution is 0.102. The summed E-state index contributed by atoms with van der Waals surface area (Å²) in [5.41, 5.74) is 1.90. The highest BCUT2D eigenvalue weighted by Gasteiger charge is 2.18. The third kappa shape index (κ3) is 3.53. The standard InChI is InChI=1S/C22H17NO4/c24-21(15-6-2-1-3-7-15)17-8-4-5-9-18(17)23-22(25)16-10-11-19-20(14-16)27-13-12-26-19/h1-11,14H,12-13H2,(H,23,25). The van der Waals surface area contributed by atoms with Gasteiger partial charge in [-0.05, 0) is 30.3 Å². The highest BCUT2D eigenvalue weighted by molar-refractivity contribution is 6.15. The van der Waals surface area contributed by atoms with Gasteiger partial charge in [0.05, 0.1) is 5.69 Å². The van der Waals surface area contributed by atoms with Crippen molar-refractivity contribution in [2.24, 2.45) is 0 Å². The fourth-order valence-corrected chi connectivity index (χ4v) is 2.91. The molecule has 0 atom stereocenters. The van der Waals surface area contributed by atoms with Crippen LogP contribution in [0.2, 0.25) is 0 Å². The van der Waals surface area contributed by atoms with Gasteiger partial charge in [-0.15, -0.1) is 0 Å². The van der Waals surface area contributed by atoms with E-state index in [-0.39, 0.29) is 11.7 Å². The van der Waals surface area contributed by atoms with E-state index in [0.717, 1.165) is 0 Å². The third-order valence-corrected chi connectivity index (χ3v) is 4.26. The number of carbonyl (C=O) groups is 2. The number of benzene rings is 3. The fourth-order valence-electron chi connectivity index (χ4n) is 2.91. The second-order valence-corrected chi connectivity index (χ2v) is 6.05. The van der Waals surface area contributed by atoms with Crippen LogP contribution in [-0.2, 0) is 0 Å². The lowest BCUT2D eigenvalue weighted by Crippen LogP contribution is -2.18. The molecule has 0 radical (unpaired) electrons. The van der Waals surface area contributed by atoms with Gasteiger partial charge in [-0.3, -0.25) is 9.59 Å². The molecule has 0 saturated heterocycles. The van der Waals surface area contributed by atoms with E-state index < -0.39 is 0 Å². The van der Waals surface area contributed by atoms with Crippen LogP contribution in [0.3, 0.4) is 0 Å². The summed E-state index contributed by atoms with van der Waals surface area (Å²) in [5, 5.41) is 2.83. The van der Waals surface area contributed by atoms with Crippen molar-refractivity contribution in [3.05, 3.63) is 89.5 Å². The zero-order valence-electron chi connectivity index (χ0n) is 14.5. The van der Waals surface area contributed by atoms with Gasteiger partial charge in [0.25, 0.3) is 5.91 Å². The number of para-hydroxylation sites is 1. The molecule has 0 unspecified atom stereocenters. The van der Waals surface area contributed by atoms with Gasteiger partial charge < -0.3 is 14.8 Å². The minimum Gasteiger partial charge on any atom is -0.486 e. The second kappa shape index (κ2) is 7.33. The molecule has 0 spiro atoms. The molecule has 1 aliphatic rings. The van der Waals surface area contributed by atoms with Crippen molar-refractivity contribution in [1.29, 1.82) is 0 Å². The number of rotatable bonds is 4. The van der Waals surface area contributed by atoms with E-state index in [1.807, 2.05) is 18.2 Å². The molecule has 0 aromatic heterocycles. The van der Waals surface area contributed by atoms with Gasteiger partial charge >= 0.3 is 0 Å². The van der Waals surface area contributed by atoms with Gasteiger partial charge in [0.1, 0.15) is 13.2 Å². The molecule has 27 heavy (non-hydrogen) atoms. The number of hydrogen-bond acceptors (Lipinski definition) is 4. The number of nitrogens with one attached hydrogen (secondary N) is 1. The van der Waals surface area contributed by atoms with Crippen LogP contribution in [0.25, 0.3) is 0 Å². The summed E-state index contributed by atoms with van der Waals surface area (Å²) in [7, 11) is 0. The number of hydrogen-bond donors (Lipinski definition) is 1. The van der Waals surface area contributed by atoms with Crippen molar-refractivity contribution < 1.29 is 19.1 Å². The molecule has 0 bridgehead atoms. The maximum absolute atomic E-state index is 12.8. The first-order valence-corrected chi connectivity index (χ1v) is 8.62. The first-order valence-electron chi connectivity index (χ1n) is 8.62. The van der Waals surface area contributed by atoms with E-state index in [2.05, 4.69) is 5.32 Å². The average Bonchev–Trinajstić information content (AvgIpc) is 2.74. The zero-order valence-corrected chi connectivity index (χ0v) is 14.5. The number of carbonyl (C=O) groups excluding carboxylic acids is 2. The van der Waals surface area contributed by atoms with E-state index in [0.29, 0.717) is 47.1 Å². The topological polar surface area (TPSA) is 64.6 Å². The molecule has 1 amide bonds. The summed E-state index contributed by atoms with van der Waals surface area (Å²) >= 11 is 0. The Morgan fingerprint density at radius 3 is 2.26 bits per heavy atom. The van der Waals surface area contributed by atoms with E-state index in [4.69, 9.17) is 9.47 Å². The fraction of sp³-hybridized carbons (Fsp3) is 0.0909. The summed E-state index contributed by atoms with van der Waals surface area (Å²) in [6, 6.07) is 21.0. The zero-order chi connectivity index (χ0) is 18.6. The number of ether oxygens (including phenoxy) is 2. The molecule has 134 valence electrons. The van der Waals surface area contributed by atoms with Crippen molar-refractivity contribution in [3.8, 4) is 11.5 Å². The Bertz CT molecular complexity index is 998. The highest BCUT2D eigenvalue weighted by Crippen LogP contribution is 2.31. The van der Waals surface area contributed by atoms with Crippen molar-refractivity contribution in [2.75, 3.05) is 18.5 Å². The summed E-state index contributed by atoms with van der Waals surface area (Å²) in [5.74, 6) is 0.703. The maximum atomic E-state index is 12.8. The Kier molecular flexibility index (Phi) is 4.58. The van der Waals surface area contributed by atoms with E-state index >= 15 is 0 Å². The van der Waals surface area contributed by atoms with Crippen molar-refractivity contribution in [3.63, 3.8) is 0 Å². The second-order valence-electron chi connectivity index (χ2n) is 6.05. The van der Waals surface area contributed by atoms with Crippen molar-refractivity contribution >= 4 is 17.4 Å². The molecule has 0 fully saturated rings. The van der Waals surface area contributed by atoms with Crippen LogP contribution in [0.1, 0.15) is 26.3 Å². The quantitative estimate of drug-likeness (QED) is 0.717. The van der Waals surface area contributed by atoms with Gasteiger partial charge in [0.15, 0.2) is 17.3 Å². The Morgan fingerprint density at radius 1 is 0.741 bits per heavy atom. The van der Waals surface area contributed by atoms with Gasteiger partial charge in [-0.2, -0.15) is 0 Å².